The summed E-state index contributed by atoms with van der Waals surface area (Å²) >= 11 is 1.43. The van der Waals surface area contributed by atoms with E-state index in [0.29, 0.717) is 11.8 Å². The van der Waals surface area contributed by atoms with E-state index in [1.165, 1.54) is 11.3 Å². The molecule has 5 heteroatoms. The van der Waals surface area contributed by atoms with Crippen molar-refractivity contribution < 1.29 is 4.79 Å². The zero-order chi connectivity index (χ0) is 12.0. The molecule has 92 valence electrons. The third-order valence-electron chi connectivity index (χ3n) is 4.25. The highest BCUT2D eigenvalue weighted by Crippen LogP contribution is 2.41. The summed E-state index contributed by atoms with van der Waals surface area (Å²) in [6.07, 6.45) is 1.68. The molecule has 1 N–H and O–H groups in total. The van der Waals surface area contributed by atoms with Crippen LogP contribution in [0.15, 0.2) is 11.7 Å². The van der Waals surface area contributed by atoms with Gasteiger partial charge in [0.2, 0.25) is 0 Å². The Morgan fingerprint density at radius 3 is 3.06 bits per heavy atom. The Balaban J connectivity index is 1.87. The minimum atomic E-state index is -0.0464. The maximum atomic E-state index is 12.4. The number of aromatic nitrogens is 1. The van der Waals surface area contributed by atoms with Gasteiger partial charge in [0.25, 0.3) is 5.91 Å². The van der Waals surface area contributed by atoms with Gasteiger partial charge in [0.1, 0.15) is 4.88 Å². The van der Waals surface area contributed by atoms with E-state index < -0.39 is 0 Å². The van der Waals surface area contributed by atoms with Gasteiger partial charge in [0.05, 0.1) is 11.7 Å². The van der Waals surface area contributed by atoms with Crippen LogP contribution in [-0.4, -0.2) is 41.0 Å². The first-order valence-electron chi connectivity index (χ1n) is 6.02. The Bertz CT molecular complexity index is 429. The summed E-state index contributed by atoms with van der Waals surface area (Å²) in [6, 6.07) is 0. The second kappa shape index (κ2) is 3.78. The lowest BCUT2D eigenvalue weighted by atomic mass is 9.85. The molecule has 4 nitrogen and oxygen atoms in total. The van der Waals surface area contributed by atoms with Gasteiger partial charge < -0.3 is 10.2 Å². The van der Waals surface area contributed by atoms with Crippen LogP contribution >= 0.6 is 11.3 Å². The molecule has 0 saturated carbocycles. The normalized spacial score (nSPS) is 30.6. The van der Waals surface area contributed by atoms with Gasteiger partial charge in [-0.1, -0.05) is 0 Å². The monoisotopic (exact) mass is 251 g/mol. The maximum absolute atomic E-state index is 12.4. The molecule has 2 fully saturated rings. The van der Waals surface area contributed by atoms with Crippen molar-refractivity contribution in [3.63, 3.8) is 0 Å². The van der Waals surface area contributed by atoms with E-state index in [9.17, 15) is 4.79 Å². The Morgan fingerprint density at radius 1 is 1.59 bits per heavy atom. The van der Waals surface area contributed by atoms with E-state index in [1.807, 2.05) is 4.90 Å². The van der Waals surface area contributed by atoms with Crippen LogP contribution in [-0.2, 0) is 0 Å². The van der Waals surface area contributed by atoms with Gasteiger partial charge in [0, 0.05) is 25.2 Å². The van der Waals surface area contributed by atoms with Crippen LogP contribution in [0.1, 0.15) is 23.5 Å². The number of fused-ring (bicyclic) bond motifs is 1. The predicted molar refractivity (Wildman–Crippen MR) is 67.1 cm³/mol. The van der Waals surface area contributed by atoms with E-state index in [-0.39, 0.29) is 11.4 Å². The number of hydrogen-bond donors (Lipinski definition) is 1. The van der Waals surface area contributed by atoms with Crippen LogP contribution in [0.5, 0.6) is 0 Å². The van der Waals surface area contributed by atoms with E-state index in [1.54, 1.807) is 11.7 Å². The SMILES string of the molecule is CC1(C)C2CNCC2CN1C(=O)c1cncs1. The zero-order valence-corrected chi connectivity index (χ0v) is 11.0. The number of nitrogens with one attached hydrogen (secondary N) is 1. The minimum Gasteiger partial charge on any atom is -0.332 e. The molecule has 1 aromatic heterocycles. The lowest BCUT2D eigenvalue weighted by Gasteiger charge is -2.35. The Labute approximate surface area is 105 Å². The van der Waals surface area contributed by atoms with E-state index in [2.05, 4.69) is 24.1 Å². The molecule has 1 amide bonds. The maximum Gasteiger partial charge on any atom is 0.266 e. The number of carbonyl (C=O) groups is 1. The molecule has 2 aliphatic rings. The van der Waals surface area contributed by atoms with Crippen molar-refractivity contribution in [2.45, 2.75) is 19.4 Å². The lowest BCUT2D eigenvalue weighted by Crippen LogP contribution is -2.47. The van der Waals surface area contributed by atoms with Crippen LogP contribution in [0.25, 0.3) is 0 Å². The molecule has 0 aromatic carbocycles. The fraction of sp³-hybridized carbons (Fsp3) is 0.667. The van der Waals surface area contributed by atoms with E-state index in [4.69, 9.17) is 0 Å². The van der Waals surface area contributed by atoms with Gasteiger partial charge in [0.15, 0.2) is 0 Å². The van der Waals surface area contributed by atoms with Gasteiger partial charge >= 0.3 is 0 Å². The summed E-state index contributed by atoms with van der Waals surface area (Å²) in [5.41, 5.74) is 1.67. The topological polar surface area (TPSA) is 45.2 Å². The fourth-order valence-corrected chi connectivity index (χ4v) is 3.79. The summed E-state index contributed by atoms with van der Waals surface area (Å²) in [5, 5.41) is 3.43. The fourth-order valence-electron chi connectivity index (χ4n) is 3.22. The van der Waals surface area contributed by atoms with Crippen molar-refractivity contribution in [1.29, 1.82) is 0 Å². The highest BCUT2D eigenvalue weighted by Gasteiger charge is 2.51. The molecule has 2 atom stereocenters. The van der Waals surface area contributed by atoms with Crippen molar-refractivity contribution in [2.24, 2.45) is 11.8 Å². The predicted octanol–water partition coefficient (Wildman–Crippen LogP) is 1.21. The number of likely N-dealkylation sites (tertiary alicyclic amines) is 1. The summed E-state index contributed by atoms with van der Waals surface area (Å²) in [6.45, 7) is 7.32. The summed E-state index contributed by atoms with van der Waals surface area (Å²) in [4.78, 5) is 19.2. The number of carbonyl (C=O) groups excluding carboxylic acids is 1. The van der Waals surface area contributed by atoms with Crippen molar-refractivity contribution in [2.75, 3.05) is 19.6 Å². The summed E-state index contributed by atoms with van der Waals surface area (Å²) in [7, 11) is 0. The molecule has 3 rings (SSSR count). The Kier molecular flexibility index (Phi) is 2.48. The van der Waals surface area contributed by atoms with Crippen molar-refractivity contribution >= 4 is 17.2 Å². The van der Waals surface area contributed by atoms with Gasteiger partial charge in [-0.05, 0) is 25.7 Å². The summed E-state index contributed by atoms with van der Waals surface area (Å²) in [5.74, 6) is 1.34. The van der Waals surface area contributed by atoms with Crippen LogP contribution < -0.4 is 5.32 Å². The molecular weight excluding hydrogens is 234 g/mol. The third-order valence-corrected chi connectivity index (χ3v) is 5.01. The zero-order valence-electron chi connectivity index (χ0n) is 10.1. The van der Waals surface area contributed by atoms with E-state index >= 15 is 0 Å². The van der Waals surface area contributed by atoms with Crippen LogP contribution in [0.2, 0.25) is 0 Å². The molecule has 1 aromatic rings. The number of thiazole rings is 1. The summed E-state index contributed by atoms with van der Waals surface area (Å²) < 4.78 is 0. The number of hydrogen-bond acceptors (Lipinski definition) is 4. The van der Waals surface area contributed by atoms with Crippen molar-refractivity contribution in [3.05, 3.63) is 16.6 Å². The van der Waals surface area contributed by atoms with Crippen LogP contribution in [0, 0.1) is 11.8 Å². The highest BCUT2D eigenvalue weighted by atomic mass is 32.1. The molecule has 2 unspecified atom stereocenters. The molecule has 0 spiro atoms. The quantitative estimate of drug-likeness (QED) is 0.816. The number of amides is 1. The Morgan fingerprint density at radius 2 is 2.41 bits per heavy atom. The van der Waals surface area contributed by atoms with Gasteiger partial charge in [-0.3, -0.25) is 9.78 Å². The molecule has 2 aliphatic heterocycles. The highest BCUT2D eigenvalue weighted by molar-refractivity contribution is 7.11. The van der Waals surface area contributed by atoms with Crippen molar-refractivity contribution in [1.82, 2.24) is 15.2 Å². The van der Waals surface area contributed by atoms with Gasteiger partial charge in [-0.2, -0.15) is 0 Å². The average Bonchev–Trinajstić information content (AvgIpc) is 2.97. The molecule has 0 aliphatic carbocycles. The molecular formula is C12H17N3OS. The third kappa shape index (κ3) is 1.60. The standard InChI is InChI=1S/C12H17N3OS/c1-12(2)9-4-13-3-8(9)6-15(12)11(16)10-5-14-7-17-10/h5,7-9,13H,3-4,6H2,1-2H3. The van der Waals surface area contributed by atoms with Gasteiger partial charge in [-0.15, -0.1) is 11.3 Å². The first-order chi connectivity index (χ1) is 8.10. The lowest BCUT2D eigenvalue weighted by molar-refractivity contribution is 0.0608. The second-order valence-electron chi connectivity index (χ2n) is 5.46. The largest absolute Gasteiger partial charge is 0.332 e. The first kappa shape index (κ1) is 11.2. The minimum absolute atomic E-state index is 0.0464. The second-order valence-corrected chi connectivity index (χ2v) is 6.35. The Hall–Kier alpha value is -0.940. The first-order valence-corrected chi connectivity index (χ1v) is 6.90. The molecule has 0 bridgehead atoms. The molecule has 2 saturated heterocycles. The van der Waals surface area contributed by atoms with E-state index in [0.717, 1.165) is 24.5 Å². The smallest absolute Gasteiger partial charge is 0.266 e. The number of rotatable bonds is 1. The average molecular weight is 251 g/mol. The molecule has 0 radical (unpaired) electrons. The van der Waals surface area contributed by atoms with Crippen molar-refractivity contribution in [3.8, 4) is 0 Å². The molecule has 3 heterocycles. The number of nitrogens with zero attached hydrogens (tertiary/aromatic N) is 2. The van der Waals surface area contributed by atoms with Crippen LogP contribution in [0.3, 0.4) is 0 Å². The molecule has 17 heavy (non-hydrogen) atoms. The van der Waals surface area contributed by atoms with Crippen LogP contribution in [0.4, 0.5) is 0 Å². The van der Waals surface area contributed by atoms with Gasteiger partial charge in [-0.25, -0.2) is 0 Å².